The van der Waals surface area contributed by atoms with Crippen LogP contribution in [0.1, 0.15) is 12.0 Å². The van der Waals surface area contributed by atoms with E-state index >= 15 is 0 Å². The van der Waals surface area contributed by atoms with Gasteiger partial charge in [-0.05, 0) is 44.6 Å². The summed E-state index contributed by atoms with van der Waals surface area (Å²) in [5, 5.41) is 0.842. The van der Waals surface area contributed by atoms with Crippen LogP contribution < -0.4 is 10.6 Å². The summed E-state index contributed by atoms with van der Waals surface area (Å²) in [4.78, 5) is 4.75. The highest BCUT2D eigenvalue weighted by molar-refractivity contribution is 6.31. The van der Waals surface area contributed by atoms with Crippen molar-refractivity contribution in [3.8, 4) is 0 Å². The molecule has 2 rings (SSSR count). The van der Waals surface area contributed by atoms with Crippen LogP contribution in [0.5, 0.6) is 0 Å². The normalized spacial score (nSPS) is 22.0. The average molecular weight is 268 g/mol. The topological polar surface area (TPSA) is 32.5 Å². The Morgan fingerprint density at radius 3 is 2.83 bits per heavy atom. The van der Waals surface area contributed by atoms with E-state index in [-0.39, 0.29) is 0 Å². The van der Waals surface area contributed by atoms with Crippen LogP contribution in [-0.2, 0) is 0 Å². The van der Waals surface area contributed by atoms with Gasteiger partial charge in [0.1, 0.15) is 0 Å². The van der Waals surface area contributed by atoms with Gasteiger partial charge in [0, 0.05) is 36.4 Å². The molecule has 100 valence electrons. The quantitative estimate of drug-likeness (QED) is 0.891. The van der Waals surface area contributed by atoms with E-state index in [9.17, 15) is 0 Å². The van der Waals surface area contributed by atoms with Crippen LogP contribution in [-0.4, -0.2) is 44.2 Å². The van der Waals surface area contributed by atoms with Crippen LogP contribution in [0.25, 0.3) is 0 Å². The zero-order valence-corrected chi connectivity index (χ0v) is 12.0. The van der Waals surface area contributed by atoms with E-state index in [1.165, 1.54) is 12.1 Å². The van der Waals surface area contributed by atoms with E-state index in [4.69, 9.17) is 17.3 Å². The van der Waals surface area contributed by atoms with Crippen molar-refractivity contribution in [1.82, 2.24) is 4.90 Å². The maximum atomic E-state index is 6.21. The third kappa shape index (κ3) is 2.97. The fourth-order valence-electron chi connectivity index (χ4n) is 2.45. The highest BCUT2D eigenvalue weighted by Crippen LogP contribution is 2.24. The van der Waals surface area contributed by atoms with Crippen molar-refractivity contribution < 1.29 is 0 Å². The number of benzene rings is 1. The number of nitrogens with zero attached hydrogens (tertiary/aromatic N) is 2. The standard InChI is InChI=1S/C14H22ClN3/c1-11-4-5-12(8-14(11)15)18-7-3-6-17(2)13(9-16)10-18/h4-5,8,13H,3,6-7,9-10,16H2,1-2H3. The first kappa shape index (κ1) is 13.7. The monoisotopic (exact) mass is 267 g/mol. The predicted octanol–water partition coefficient (Wildman–Crippen LogP) is 2.12. The number of rotatable bonds is 2. The highest BCUT2D eigenvalue weighted by atomic mass is 35.5. The van der Waals surface area contributed by atoms with Crippen molar-refractivity contribution in [2.75, 3.05) is 38.1 Å². The molecule has 1 unspecified atom stereocenters. The molecule has 1 saturated heterocycles. The smallest absolute Gasteiger partial charge is 0.0455 e. The Bertz CT molecular complexity index is 408. The van der Waals surface area contributed by atoms with Crippen LogP contribution in [0.2, 0.25) is 5.02 Å². The number of nitrogens with two attached hydrogens (primary N) is 1. The molecule has 18 heavy (non-hydrogen) atoms. The Balaban J connectivity index is 2.18. The van der Waals surface area contributed by atoms with E-state index in [1.807, 2.05) is 6.92 Å². The first-order valence-electron chi connectivity index (χ1n) is 6.53. The predicted molar refractivity (Wildman–Crippen MR) is 78.5 cm³/mol. The summed E-state index contributed by atoms with van der Waals surface area (Å²) in [7, 11) is 2.16. The lowest BCUT2D eigenvalue weighted by molar-refractivity contribution is 0.266. The molecule has 1 aromatic rings. The molecule has 2 N–H and O–H groups in total. The molecule has 1 aliphatic heterocycles. The largest absolute Gasteiger partial charge is 0.370 e. The Labute approximate surface area is 115 Å². The first-order valence-corrected chi connectivity index (χ1v) is 6.91. The molecule has 4 heteroatoms. The fraction of sp³-hybridized carbons (Fsp3) is 0.571. The molecule has 1 fully saturated rings. The number of likely N-dealkylation sites (N-methyl/N-ethyl adjacent to an activating group) is 1. The van der Waals surface area contributed by atoms with Gasteiger partial charge in [-0.2, -0.15) is 0 Å². The van der Waals surface area contributed by atoms with E-state index in [0.29, 0.717) is 12.6 Å². The van der Waals surface area contributed by atoms with Gasteiger partial charge < -0.3 is 15.5 Å². The summed E-state index contributed by atoms with van der Waals surface area (Å²) in [6, 6.07) is 6.73. The molecule has 0 aromatic heterocycles. The van der Waals surface area contributed by atoms with Gasteiger partial charge in [0.15, 0.2) is 0 Å². The van der Waals surface area contributed by atoms with Crippen molar-refractivity contribution in [3.63, 3.8) is 0 Å². The van der Waals surface area contributed by atoms with Crippen LogP contribution in [0.4, 0.5) is 5.69 Å². The molecule has 0 radical (unpaired) electrons. The molecule has 0 saturated carbocycles. The molecular formula is C14H22ClN3. The lowest BCUT2D eigenvalue weighted by atomic mass is 10.2. The first-order chi connectivity index (χ1) is 8.61. The number of anilines is 1. The van der Waals surface area contributed by atoms with Crippen molar-refractivity contribution in [2.45, 2.75) is 19.4 Å². The number of halogens is 1. The molecule has 1 heterocycles. The zero-order valence-electron chi connectivity index (χ0n) is 11.2. The van der Waals surface area contributed by atoms with Gasteiger partial charge >= 0.3 is 0 Å². The SMILES string of the molecule is Cc1ccc(N2CCCN(C)C(CN)C2)cc1Cl. The lowest BCUT2D eigenvalue weighted by Gasteiger charge is -2.29. The molecule has 0 spiro atoms. The van der Waals surface area contributed by atoms with Crippen molar-refractivity contribution in [3.05, 3.63) is 28.8 Å². The van der Waals surface area contributed by atoms with Gasteiger partial charge in [0.25, 0.3) is 0 Å². The third-order valence-electron chi connectivity index (χ3n) is 3.79. The minimum atomic E-state index is 0.424. The van der Waals surface area contributed by atoms with Gasteiger partial charge in [-0.1, -0.05) is 17.7 Å². The molecule has 1 aliphatic rings. The molecule has 0 amide bonds. The third-order valence-corrected chi connectivity index (χ3v) is 4.19. The zero-order chi connectivity index (χ0) is 13.1. The van der Waals surface area contributed by atoms with Gasteiger partial charge in [-0.3, -0.25) is 0 Å². The second-order valence-corrected chi connectivity index (χ2v) is 5.51. The summed E-state index contributed by atoms with van der Waals surface area (Å²) in [5.74, 6) is 0. The maximum absolute atomic E-state index is 6.21. The Morgan fingerprint density at radius 2 is 2.17 bits per heavy atom. The summed E-state index contributed by atoms with van der Waals surface area (Å²) < 4.78 is 0. The molecule has 3 nitrogen and oxygen atoms in total. The van der Waals surface area contributed by atoms with Crippen molar-refractivity contribution >= 4 is 17.3 Å². The maximum Gasteiger partial charge on any atom is 0.0455 e. The fourth-order valence-corrected chi connectivity index (χ4v) is 2.62. The van der Waals surface area contributed by atoms with Crippen LogP contribution in [0.15, 0.2) is 18.2 Å². The molecular weight excluding hydrogens is 246 g/mol. The van der Waals surface area contributed by atoms with Crippen LogP contribution in [0, 0.1) is 6.92 Å². The molecule has 0 aliphatic carbocycles. The number of aryl methyl sites for hydroxylation is 1. The molecule has 1 aromatic carbocycles. The summed E-state index contributed by atoms with van der Waals surface area (Å²) in [6.07, 6.45) is 1.17. The second kappa shape index (κ2) is 5.91. The molecule has 0 bridgehead atoms. The minimum Gasteiger partial charge on any atom is -0.370 e. The summed E-state index contributed by atoms with van der Waals surface area (Å²) in [6.45, 7) is 5.89. The summed E-state index contributed by atoms with van der Waals surface area (Å²) in [5.41, 5.74) is 8.20. The number of hydrogen-bond donors (Lipinski definition) is 1. The van der Waals surface area contributed by atoms with Crippen LogP contribution in [0.3, 0.4) is 0 Å². The van der Waals surface area contributed by atoms with E-state index < -0.39 is 0 Å². The van der Waals surface area contributed by atoms with Crippen LogP contribution >= 0.6 is 11.6 Å². The van der Waals surface area contributed by atoms with Gasteiger partial charge in [-0.15, -0.1) is 0 Å². The minimum absolute atomic E-state index is 0.424. The van der Waals surface area contributed by atoms with E-state index in [0.717, 1.165) is 30.2 Å². The van der Waals surface area contributed by atoms with E-state index in [2.05, 4.69) is 35.0 Å². The second-order valence-electron chi connectivity index (χ2n) is 5.10. The van der Waals surface area contributed by atoms with Crippen molar-refractivity contribution in [1.29, 1.82) is 0 Å². The Morgan fingerprint density at radius 1 is 1.39 bits per heavy atom. The van der Waals surface area contributed by atoms with Gasteiger partial charge in [0.2, 0.25) is 0 Å². The highest BCUT2D eigenvalue weighted by Gasteiger charge is 2.21. The summed E-state index contributed by atoms with van der Waals surface area (Å²) >= 11 is 6.21. The number of hydrogen-bond acceptors (Lipinski definition) is 3. The van der Waals surface area contributed by atoms with Gasteiger partial charge in [-0.25, -0.2) is 0 Å². The van der Waals surface area contributed by atoms with Gasteiger partial charge in [0.05, 0.1) is 0 Å². The Hall–Kier alpha value is -0.770. The average Bonchev–Trinajstić information content (AvgIpc) is 2.54. The van der Waals surface area contributed by atoms with Crippen molar-refractivity contribution in [2.24, 2.45) is 5.73 Å². The molecule has 1 atom stereocenters. The lowest BCUT2D eigenvalue weighted by Crippen LogP contribution is -2.43. The Kier molecular flexibility index (Phi) is 4.49. The van der Waals surface area contributed by atoms with E-state index in [1.54, 1.807) is 0 Å².